The van der Waals surface area contributed by atoms with Crippen molar-refractivity contribution in [2.24, 2.45) is 0 Å². The first-order valence-corrected chi connectivity index (χ1v) is 8.22. The van der Waals surface area contributed by atoms with Crippen LogP contribution in [0.3, 0.4) is 0 Å². The average Bonchev–Trinajstić information content (AvgIpc) is 2.57. The molecule has 1 aromatic carbocycles. The molecule has 0 heterocycles. The number of benzene rings is 1. The van der Waals surface area contributed by atoms with E-state index in [4.69, 9.17) is 4.74 Å². The molecule has 2 amide bonds. The zero-order valence-corrected chi connectivity index (χ0v) is 14.2. The Hall–Kier alpha value is -2.21. The lowest BCUT2D eigenvalue weighted by molar-refractivity contribution is -0.122. The fourth-order valence-electron chi connectivity index (χ4n) is 2.28. The monoisotopic (exact) mass is 334 g/mol. The van der Waals surface area contributed by atoms with E-state index in [-0.39, 0.29) is 18.3 Å². The zero-order valence-electron chi connectivity index (χ0n) is 14.2. The standard InChI is InChI=1S/C18H26N2O4/c1-24-13-17(22)6-4-2-3-5-7-18(23)20-16-10-8-15(9-11-16)12-19-14-21/h8-11,14H,2-7,12-13H2,1H3,(H,19,21)(H,20,23). The molecule has 0 fully saturated rings. The molecular weight excluding hydrogens is 308 g/mol. The fraction of sp³-hybridized carbons (Fsp3) is 0.500. The first kappa shape index (κ1) is 19.8. The molecule has 6 nitrogen and oxygen atoms in total. The van der Waals surface area contributed by atoms with E-state index >= 15 is 0 Å². The van der Waals surface area contributed by atoms with Gasteiger partial charge in [-0.15, -0.1) is 0 Å². The molecule has 0 aliphatic rings. The van der Waals surface area contributed by atoms with Crippen LogP contribution >= 0.6 is 0 Å². The maximum Gasteiger partial charge on any atom is 0.224 e. The van der Waals surface area contributed by atoms with E-state index in [2.05, 4.69) is 10.6 Å². The van der Waals surface area contributed by atoms with Crippen LogP contribution in [-0.2, 0) is 25.7 Å². The second-order valence-electron chi connectivity index (χ2n) is 5.63. The normalized spacial score (nSPS) is 10.2. The summed E-state index contributed by atoms with van der Waals surface area (Å²) in [5, 5.41) is 5.44. The van der Waals surface area contributed by atoms with Gasteiger partial charge >= 0.3 is 0 Å². The highest BCUT2D eigenvalue weighted by Gasteiger charge is 2.04. The highest BCUT2D eigenvalue weighted by atomic mass is 16.5. The van der Waals surface area contributed by atoms with Crippen LogP contribution in [0.2, 0.25) is 0 Å². The molecule has 0 aliphatic heterocycles. The minimum atomic E-state index is -0.00998. The number of hydrogen-bond donors (Lipinski definition) is 2. The van der Waals surface area contributed by atoms with Gasteiger partial charge in [0.25, 0.3) is 0 Å². The minimum absolute atomic E-state index is 0.00998. The number of nitrogens with one attached hydrogen (secondary N) is 2. The van der Waals surface area contributed by atoms with Gasteiger partial charge in [-0.1, -0.05) is 25.0 Å². The van der Waals surface area contributed by atoms with Gasteiger partial charge in [-0.05, 0) is 30.5 Å². The summed E-state index contributed by atoms with van der Waals surface area (Å²) in [6.45, 7) is 0.664. The van der Waals surface area contributed by atoms with Crippen molar-refractivity contribution in [3.05, 3.63) is 29.8 Å². The van der Waals surface area contributed by atoms with Crippen LogP contribution < -0.4 is 10.6 Å². The third-order valence-corrected chi connectivity index (χ3v) is 3.54. The summed E-state index contributed by atoms with van der Waals surface area (Å²) < 4.78 is 4.78. The van der Waals surface area contributed by atoms with Crippen LogP contribution in [0.5, 0.6) is 0 Å². The molecule has 2 N–H and O–H groups in total. The summed E-state index contributed by atoms with van der Waals surface area (Å²) in [5.41, 5.74) is 1.73. The number of unbranched alkanes of at least 4 members (excludes halogenated alkanes) is 3. The lowest BCUT2D eigenvalue weighted by atomic mass is 10.1. The van der Waals surface area contributed by atoms with Gasteiger partial charge in [-0.3, -0.25) is 14.4 Å². The first-order chi connectivity index (χ1) is 11.7. The van der Waals surface area contributed by atoms with Crippen molar-refractivity contribution in [1.82, 2.24) is 5.32 Å². The molecule has 6 heteroatoms. The van der Waals surface area contributed by atoms with E-state index < -0.39 is 0 Å². The number of amides is 2. The summed E-state index contributed by atoms with van der Waals surface area (Å²) in [7, 11) is 1.52. The highest BCUT2D eigenvalue weighted by molar-refractivity contribution is 5.90. The third-order valence-electron chi connectivity index (χ3n) is 3.54. The minimum Gasteiger partial charge on any atom is -0.377 e. The number of rotatable bonds is 13. The van der Waals surface area contributed by atoms with E-state index in [0.717, 1.165) is 36.9 Å². The number of carbonyl (C=O) groups excluding carboxylic acids is 3. The Morgan fingerprint density at radius 2 is 1.71 bits per heavy atom. The van der Waals surface area contributed by atoms with Gasteiger partial charge in [0.05, 0.1) is 0 Å². The lowest BCUT2D eigenvalue weighted by Gasteiger charge is -2.06. The van der Waals surface area contributed by atoms with Gasteiger partial charge in [0, 0.05) is 32.2 Å². The molecule has 0 saturated carbocycles. The summed E-state index contributed by atoms with van der Waals surface area (Å²) in [6.07, 6.45) is 5.21. The molecule has 0 atom stereocenters. The molecule has 0 unspecified atom stereocenters. The molecule has 24 heavy (non-hydrogen) atoms. The van der Waals surface area contributed by atoms with Gasteiger partial charge in [-0.2, -0.15) is 0 Å². The Bertz CT molecular complexity index is 514. The number of anilines is 1. The van der Waals surface area contributed by atoms with Crippen molar-refractivity contribution in [3.8, 4) is 0 Å². The van der Waals surface area contributed by atoms with Crippen molar-refractivity contribution in [2.45, 2.75) is 45.1 Å². The van der Waals surface area contributed by atoms with Crippen LogP contribution in [0.25, 0.3) is 0 Å². The summed E-state index contributed by atoms with van der Waals surface area (Å²) in [5.74, 6) is 0.117. The molecule has 0 aromatic heterocycles. The molecular formula is C18H26N2O4. The van der Waals surface area contributed by atoms with Gasteiger partial charge in [-0.25, -0.2) is 0 Å². The number of ether oxygens (including phenoxy) is 1. The molecule has 1 rings (SSSR count). The molecule has 132 valence electrons. The van der Waals surface area contributed by atoms with Crippen molar-refractivity contribution in [1.29, 1.82) is 0 Å². The maximum absolute atomic E-state index is 11.9. The topological polar surface area (TPSA) is 84.5 Å². The average molecular weight is 334 g/mol. The number of Topliss-reactive ketones (excluding diaryl/α,β-unsaturated/α-hetero) is 1. The predicted molar refractivity (Wildman–Crippen MR) is 92.6 cm³/mol. The van der Waals surface area contributed by atoms with Gasteiger partial charge in [0.2, 0.25) is 12.3 Å². The van der Waals surface area contributed by atoms with Crippen molar-refractivity contribution in [3.63, 3.8) is 0 Å². The van der Waals surface area contributed by atoms with Crippen LogP contribution in [0, 0.1) is 0 Å². The van der Waals surface area contributed by atoms with Crippen LogP contribution in [0.4, 0.5) is 5.69 Å². The van der Waals surface area contributed by atoms with Crippen LogP contribution in [-0.4, -0.2) is 31.8 Å². The summed E-state index contributed by atoms with van der Waals surface area (Å²) in [6, 6.07) is 7.37. The van der Waals surface area contributed by atoms with E-state index in [1.165, 1.54) is 7.11 Å². The fourth-order valence-corrected chi connectivity index (χ4v) is 2.28. The van der Waals surface area contributed by atoms with Crippen molar-refractivity contribution in [2.75, 3.05) is 19.0 Å². The summed E-state index contributed by atoms with van der Waals surface area (Å²) >= 11 is 0. The number of methoxy groups -OCH3 is 1. The van der Waals surface area contributed by atoms with Gasteiger partial charge in [0.15, 0.2) is 5.78 Å². The van der Waals surface area contributed by atoms with E-state index in [1.54, 1.807) is 0 Å². The number of carbonyl (C=O) groups is 3. The van der Waals surface area contributed by atoms with Crippen molar-refractivity contribution < 1.29 is 19.1 Å². The summed E-state index contributed by atoms with van der Waals surface area (Å²) in [4.78, 5) is 33.3. The van der Waals surface area contributed by atoms with Crippen LogP contribution in [0.1, 0.15) is 44.1 Å². The molecule has 0 saturated heterocycles. The largest absolute Gasteiger partial charge is 0.377 e. The third kappa shape index (κ3) is 9.05. The Labute approximate surface area is 143 Å². The SMILES string of the molecule is COCC(=O)CCCCCCC(=O)Nc1ccc(CNC=O)cc1. The molecule has 0 bridgehead atoms. The maximum atomic E-state index is 11.9. The Morgan fingerprint density at radius 3 is 2.33 bits per heavy atom. The Balaban J connectivity index is 2.13. The van der Waals surface area contributed by atoms with Crippen molar-refractivity contribution >= 4 is 23.8 Å². The molecule has 0 radical (unpaired) electrons. The Morgan fingerprint density at radius 1 is 1.04 bits per heavy atom. The highest BCUT2D eigenvalue weighted by Crippen LogP contribution is 2.11. The lowest BCUT2D eigenvalue weighted by Crippen LogP contribution is -2.12. The van der Waals surface area contributed by atoms with E-state index in [1.807, 2.05) is 24.3 Å². The first-order valence-electron chi connectivity index (χ1n) is 8.22. The van der Waals surface area contributed by atoms with Crippen LogP contribution in [0.15, 0.2) is 24.3 Å². The molecule has 1 aromatic rings. The number of hydrogen-bond acceptors (Lipinski definition) is 4. The second-order valence-corrected chi connectivity index (χ2v) is 5.63. The Kier molecular flexibility index (Phi) is 10.1. The molecule has 0 spiro atoms. The van der Waals surface area contributed by atoms with E-state index in [0.29, 0.717) is 25.8 Å². The zero-order chi connectivity index (χ0) is 17.6. The number of ketones is 1. The second kappa shape index (κ2) is 12.2. The van der Waals surface area contributed by atoms with Gasteiger partial charge < -0.3 is 15.4 Å². The smallest absolute Gasteiger partial charge is 0.224 e. The molecule has 0 aliphatic carbocycles. The van der Waals surface area contributed by atoms with Gasteiger partial charge in [0.1, 0.15) is 6.61 Å². The van der Waals surface area contributed by atoms with E-state index in [9.17, 15) is 14.4 Å². The quantitative estimate of drug-likeness (QED) is 0.429. The predicted octanol–water partition coefficient (Wildman–Crippen LogP) is 2.43.